The molecule has 0 bridgehead atoms. The summed E-state index contributed by atoms with van der Waals surface area (Å²) < 4.78 is 2.12. The Morgan fingerprint density at radius 3 is 2.50 bits per heavy atom. The van der Waals surface area contributed by atoms with Gasteiger partial charge in [0, 0.05) is 12.1 Å². The van der Waals surface area contributed by atoms with Gasteiger partial charge in [0.15, 0.2) is 5.65 Å². The molecule has 0 radical (unpaired) electrons. The number of aromatic nitrogens is 3. The fraction of sp³-hybridized carbons (Fsp3) is 0.250. The molecule has 0 atom stereocenters. The number of benzene rings is 1. The lowest BCUT2D eigenvalue weighted by Crippen LogP contribution is -2.29. The fourth-order valence-electron chi connectivity index (χ4n) is 2.55. The zero-order chi connectivity index (χ0) is 15.7. The average molecular weight is 295 g/mol. The van der Waals surface area contributed by atoms with E-state index in [9.17, 15) is 0 Å². The van der Waals surface area contributed by atoms with Gasteiger partial charge >= 0.3 is 7.12 Å². The van der Waals surface area contributed by atoms with Crippen LogP contribution in [0, 0.1) is 0 Å². The molecule has 3 rings (SSSR count). The van der Waals surface area contributed by atoms with Crippen LogP contribution in [0.2, 0.25) is 0 Å². The van der Waals surface area contributed by atoms with Gasteiger partial charge in [-0.25, -0.2) is 9.97 Å². The van der Waals surface area contributed by atoms with Crippen LogP contribution < -0.4 is 5.46 Å². The highest BCUT2D eigenvalue weighted by Crippen LogP contribution is 2.21. The average Bonchev–Trinajstić information content (AvgIpc) is 2.87. The molecular weight excluding hydrogens is 277 g/mol. The maximum Gasteiger partial charge on any atom is 0.488 e. The van der Waals surface area contributed by atoms with E-state index in [-0.39, 0.29) is 0 Å². The van der Waals surface area contributed by atoms with Gasteiger partial charge in [0.25, 0.3) is 0 Å². The van der Waals surface area contributed by atoms with Gasteiger partial charge in [0.05, 0.1) is 6.54 Å². The lowest BCUT2D eigenvalue weighted by atomic mass is 9.80. The zero-order valence-corrected chi connectivity index (χ0v) is 12.6. The number of fused-ring (bicyclic) bond motifs is 1. The minimum Gasteiger partial charge on any atom is -0.423 e. The minimum atomic E-state index is -1.43. The first-order valence-corrected chi connectivity index (χ1v) is 7.32. The van der Waals surface area contributed by atoms with Gasteiger partial charge in [0.1, 0.15) is 11.3 Å². The third kappa shape index (κ3) is 2.75. The van der Waals surface area contributed by atoms with Gasteiger partial charge in [-0.3, -0.25) is 0 Å². The molecule has 0 unspecified atom stereocenters. The Bertz CT molecular complexity index is 782. The standard InChI is InChI=1S/C16H18BN3O2/c1-11(2)15-19-14-4-3-9-18-16(14)20(15)10-12-5-7-13(8-6-12)17(21)22/h3-9,11,21-22H,10H2,1-2H3. The van der Waals surface area contributed by atoms with Crippen LogP contribution in [0.25, 0.3) is 11.2 Å². The van der Waals surface area contributed by atoms with Crippen LogP contribution >= 0.6 is 0 Å². The molecule has 2 heterocycles. The number of nitrogens with zero attached hydrogens (tertiary/aromatic N) is 3. The van der Waals surface area contributed by atoms with Crippen LogP contribution in [0.5, 0.6) is 0 Å². The summed E-state index contributed by atoms with van der Waals surface area (Å²) in [7, 11) is -1.43. The molecule has 0 saturated carbocycles. The third-order valence-electron chi connectivity index (χ3n) is 3.67. The van der Waals surface area contributed by atoms with Crippen molar-refractivity contribution < 1.29 is 10.0 Å². The first kappa shape index (κ1) is 14.7. The summed E-state index contributed by atoms with van der Waals surface area (Å²) >= 11 is 0. The Hall–Kier alpha value is -2.18. The molecule has 0 spiro atoms. The molecule has 3 aromatic rings. The zero-order valence-electron chi connectivity index (χ0n) is 12.6. The molecule has 112 valence electrons. The summed E-state index contributed by atoms with van der Waals surface area (Å²) in [4.78, 5) is 9.12. The molecule has 2 N–H and O–H groups in total. The van der Waals surface area contributed by atoms with Gasteiger partial charge < -0.3 is 14.6 Å². The van der Waals surface area contributed by atoms with Crippen molar-refractivity contribution in [2.24, 2.45) is 0 Å². The summed E-state index contributed by atoms with van der Waals surface area (Å²) in [6.07, 6.45) is 1.77. The molecule has 0 fully saturated rings. The highest BCUT2D eigenvalue weighted by atomic mass is 16.4. The maximum absolute atomic E-state index is 9.16. The smallest absolute Gasteiger partial charge is 0.423 e. The molecule has 5 nitrogen and oxygen atoms in total. The number of hydrogen-bond acceptors (Lipinski definition) is 4. The normalized spacial score (nSPS) is 11.3. The van der Waals surface area contributed by atoms with Crippen molar-refractivity contribution in [3.63, 3.8) is 0 Å². The van der Waals surface area contributed by atoms with E-state index in [0.29, 0.717) is 17.9 Å². The van der Waals surface area contributed by atoms with Crippen LogP contribution in [0.1, 0.15) is 31.2 Å². The quantitative estimate of drug-likeness (QED) is 0.711. The van der Waals surface area contributed by atoms with E-state index in [1.54, 1.807) is 18.3 Å². The summed E-state index contributed by atoms with van der Waals surface area (Å²) in [6.45, 7) is 4.88. The van der Waals surface area contributed by atoms with Crippen LogP contribution in [-0.2, 0) is 6.54 Å². The van der Waals surface area contributed by atoms with Crippen LogP contribution in [0.3, 0.4) is 0 Å². The van der Waals surface area contributed by atoms with Crippen molar-refractivity contribution in [2.75, 3.05) is 0 Å². The molecule has 0 amide bonds. The Balaban J connectivity index is 2.00. The second-order valence-electron chi connectivity index (χ2n) is 5.67. The summed E-state index contributed by atoms with van der Waals surface area (Å²) in [5, 5.41) is 18.3. The molecule has 22 heavy (non-hydrogen) atoms. The number of hydrogen-bond donors (Lipinski definition) is 2. The minimum absolute atomic E-state index is 0.299. The largest absolute Gasteiger partial charge is 0.488 e. The Labute approximate surface area is 129 Å². The van der Waals surface area contributed by atoms with Crippen molar-refractivity contribution in [3.8, 4) is 0 Å². The number of pyridine rings is 1. The molecule has 0 aliphatic carbocycles. The van der Waals surface area contributed by atoms with Crippen molar-refractivity contribution in [3.05, 3.63) is 54.0 Å². The number of rotatable bonds is 4. The first-order chi connectivity index (χ1) is 10.6. The van der Waals surface area contributed by atoms with Gasteiger partial charge in [-0.2, -0.15) is 0 Å². The van der Waals surface area contributed by atoms with Crippen LogP contribution in [0.4, 0.5) is 0 Å². The van der Waals surface area contributed by atoms with Crippen molar-refractivity contribution >= 4 is 23.7 Å². The molecular formula is C16H18BN3O2. The van der Waals surface area contributed by atoms with E-state index >= 15 is 0 Å². The molecule has 2 aromatic heterocycles. The van der Waals surface area contributed by atoms with E-state index in [4.69, 9.17) is 10.0 Å². The topological polar surface area (TPSA) is 71.2 Å². The van der Waals surface area contributed by atoms with Crippen molar-refractivity contribution in [1.29, 1.82) is 0 Å². The molecule has 0 saturated heterocycles. The summed E-state index contributed by atoms with van der Waals surface area (Å²) in [5.74, 6) is 1.30. The molecule has 6 heteroatoms. The van der Waals surface area contributed by atoms with Gasteiger partial charge in [-0.15, -0.1) is 0 Å². The predicted octanol–water partition coefficient (Wildman–Crippen LogP) is 1.28. The summed E-state index contributed by atoms with van der Waals surface area (Å²) in [6, 6.07) is 11.1. The van der Waals surface area contributed by atoms with E-state index < -0.39 is 7.12 Å². The van der Waals surface area contributed by atoms with E-state index in [2.05, 4.69) is 28.4 Å². The fourth-order valence-corrected chi connectivity index (χ4v) is 2.55. The number of imidazole rings is 1. The second-order valence-corrected chi connectivity index (χ2v) is 5.67. The van der Waals surface area contributed by atoms with Gasteiger partial charge in [0.2, 0.25) is 0 Å². The Morgan fingerprint density at radius 2 is 1.86 bits per heavy atom. The Morgan fingerprint density at radius 1 is 1.14 bits per heavy atom. The summed E-state index contributed by atoms with van der Waals surface area (Å²) in [5.41, 5.74) is 3.32. The maximum atomic E-state index is 9.16. The van der Waals surface area contributed by atoms with Gasteiger partial charge in [-0.05, 0) is 23.2 Å². The van der Waals surface area contributed by atoms with E-state index in [0.717, 1.165) is 22.6 Å². The lowest BCUT2D eigenvalue weighted by molar-refractivity contribution is 0.426. The van der Waals surface area contributed by atoms with Crippen LogP contribution in [-0.4, -0.2) is 31.7 Å². The molecule has 0 aliphatic heterocycles. The van der Waals surface area contributed by atoms with Crippen LogP contribution in [0.15, 0.2) is 42.6 Å². The Kier molecular flexibility index (Phi) is 3.96. The SMILES string of the molecule is CC(C)c1nc2cccnc2n1Cc1ccc(B(O)O)cc1. The van der Waals surface area contributed by atoms with E-state index in [1.165, 1.54) is 0 Å². The predicted molar refractivity (Wildman–Crippen MR) is 87.0 cm³/mol. The highest BCUT2D eigenvalue weighted by molar-refractivity contribution is 6.58. The van der Waals surface area contributed by atoms with Gasteiger partial charge in [-0.1, -0.05) is 38.1 Å². The van der Waals surface area contributed by atoms with E-state index in [1.807, 2.05) is 24.3 Å². The second kappa shape index (κ2) is 5.91. The lowest BCUT2D eigenvalue weighted by Gasteiger charge is -2.11. The highest BCUT2D eigenvalue weighted by Gasteiger charge is 2.15. The third-order valence-corrected chi connectivity index (χ3v) is 3.67. The molecule has 0 aliphatic rings. The first-order valence-electron chi connectivity index (χ1n) is 7.32. The monoisotopic (exact) mass is 295 g/mol. The van der Waals surface area contributed by atoms with Crippen molar-refractivity contribution in [2.45, 2.75) is 26.3 Å². The van der Waals surface area contributed by atoms with Crippen molar-refractivity contribution in [1.82, 2.24) is 14.5 Å². The molecule has 1 aromatic carbocycles.